The summed E-state index contributed by atoms with van der Waals surface area (Å²) >= 11 is 6.06. The van der Waals surface area contributed by atoms with Gasteiger partial charge in [-0.3, -0.25) is 4.79 Å². The highest BCUT2D eigenvalue weighted by atomic mass is 127. The van der Waals surface area contributed by atoms with Gasteiger partial charge in [-0.2, -0.15) is 0 Å². The second kappa shape index (κ2) is 5.80. The van der Waals surface area contributed by atoms with Crippen molar-refractivity contribution < 1.29 is 14.7 Å². The Balaban J connectivity index is 3.53. The zero-order valence-electron chi connectivity index (χ0n) is 7.97. The van der Waals surface area contributed by atoms with Crippen LogP contribution < -0.4 is 5.32 Å². The lowest BCUT2D eigenvalue weighted by molar-refractivity contribution is 0.0695. The van der Waals surface area contributed by atoms with E-state index >= 15 is 0 Å². The molecule has 0 aliphatic rings. The lowest BCUT2D eigenvalue weighted by Crippen LogP contribution is -2.21. The van der Waals surface area contributed by atoms with Crippen molar-refractivity contribution in [2.75, 3.05) is 7.05 Å². The first-order valence-electron chi connectivity index (χ1n) is 4.03. The Labute approximate surface area is 133 Å². The van der Waals surface area contributed by atoms with E-state index in [1.807, 2.05) is 67.8 Å². The number of aromatic carboxylic acids is 1. The highest BCUT2D eigenvalue weighted by molar-refractivity contribution is 14.1. The van der Waals surface area contributed by atoms with Crippen LogP contribution in [0.15, 0.2) is 6.07 Å². The molecule has 2 N–H and O–H groups in total. The molecule has 0 spiro atoms. The Morgan fingerprint density at radius 2 is 1.62 bits per heavy atom. The number of carboxylic acids is 1. The fourth-order valence-electron chi connectivity index (χ4n) is 1.06. The molecular formula is C9H6I3NO3. The van der Waals surface area contributed by atoms with Crippen LogP contribution in [-0.2, 0) is 0 Å². The molecule has 1 amide bonds. The summed E-state index contributed by atoms with van der Waals surface area (Å²) in [7, 11) is 1.52. The standard InChI is InChI=1S/C9H6I3NO3/c1-13-8(14)3-2-4(9(15)16)6(11)7(12)5(3)10/h2H,1H3,(H,13,14)(H,15,16). The van der Waals surface area contributed by atoms with Gasteiger partial charge in [0.2, 0.25) is 0 Å². The number of hydrogen-bond donors (Lipinski definition) is 2. The van der Waals surface area contributed by atoms with Crippen molar-refractivity contribution >= 4 is 79.6 Å². The van der Waals surface area contributed by atoms with Crippen LogP contribution in [0, 0.1) is 10.7 Å². The zero-order chi connectivity index (χ0) is 12.5. The summed E-state index contributed by atoms with van der Waals surface area (Å²) in [6.45, 7) is 0. The SMILES string of the molecule is CNC(=O)c1cc(C(=O)O)c(I)c(I)c1I. The van der Waals surface area contributed by atoms with E-state index in [1.165, 1.54) is 13.1 Å². The molecule has 0 atom stereocenters. The summed E-state index contributed by atoms with van der Waals surface area (Å²) in [6.07, 6.45) is 0. The Bertz CT molecular complexity index is 474. The summed E-state index contributed by atoms with van der Waals surface area (Å²) in [5, 5.41) is 11.5. The Kier molecular flexibility index (Phi) is 5.22. The second-order valence-electron chi connectivity index (χ2n) is 2.80. The van der Waals surface area contributed by atoms with Gasteiger partial charge in [0.1, 0.15) is 0 Å². The highest BCUT2D eigenvalue weighted by Crippen LogP contribution is 2.28. The first-order valence-corrected chi connectivity index (χ1v) is 7.26. The van der Waals surface area contributed by atoms with Crippen molar-refractivity contribution in [2.24, 2.45) is 0 Å². The quantitative estimate of drug-likeness (QED) is 0.435. The molecule has 0 saturated heterocycles. The number of halogens is 3. The molecule has 1 aromatic carbocycles. The van der Waals surface area contributed by atoms with Gasteiger partial charge >= 0.3 is 5.97 Å². The monoisotopic (exact) mass is 557 g/mol. The average molecular weight is 557 g/mol. The maximum atomic E-state index is 11.6. The summed E-state index contributed by atoms with van der Waals surface area (Å²) in [4.78, 5) is 22.6. The molecule has 86 valence electrons. The van der Waals surface area contributed by atoms with Crippen LogP contribution in [0.4, 0.5) is 0 Å². The van der Waals surface area contributed by atoms with E-state index in [2.05, 4.69) is 5.32 Å². The first-order chi connectivity index (χ1) is 7.40. The minimum atomic E-state index is -1.02. The molecule has 0 radical (unpaired) electrons. The van der Waals surface area contributed by atoms with Gasteiger partial charge in [0, 0.05) is 17.8 Å². The van der Waals surface area contributed by atoms with Crippen LogP contribution in [0.5, 0.6) is 0 Å². The third kappa shape index (κ3) is 2.78. The first kappa shape index (κ1) is 14.4. The lowest BCUT2D eigenvalue weighted by Gasteiger charge is -2.09. The maximum absolute atomic E-state index is 11.6. The van der Waals surface area contributed by atoms with Gasteiger partial charge in [-0.25, -0.2) is 4.79 Å². The zero-order valence-corrected chi connectivity index (χ0v) is 14.4. The van der Waals surface area contributed by atoms with Gasteiger partial charge in [-0.1, -0.05) is 0 Å². The number of carbonyl (C=O) groups is 2. The van der Waals surface area contributed by atoms with Gasteiger partial charge in [-0.05, 0) is 73.8 Å². The number of hydrogen-bond acceptors (Lipinski definition) is 2. The van der Waals surface area contributed by atoms with Crippen molar-refractivity contribution in [1.29, 1.82) is 0 Å². The summed E-state index contributed by atoms with van der Waals surface area (Å²) < 4.78 is 2.21. The normalized spacial score (nSPS) is 10.0. The van der Waals surface area contributed by atoms with Crippen molar-refractivity contribution in [1.82, 2.24) is 5.32 Å². The average Bonchev–Trinajstić information content (AvgIpc) is 2.25. The van der Waals surface area contributed by atoms with Crippen LogP contribution in [0.1, 0.15) is 20.7 Å². The van der Waals surface area contributed by atoms with Crippen molar-refractivity contribution in [3.05, 3.63) is 27.9 Å². The van der Waals surface area contributed by atoms with E-state index < -0.39 is 5.97 Å². The Morgan fingerprint density at radius 3 is 2.06 bits per heavy atom. The summed E-state index contributed by atoms with van der Waals surface area (Å²) in [5.74, 6) is -1.30. The highest BCUT2D eigenvalue weighted by Gasteiger charge is 2.20. The molecule has 1 rings (SSSR count). The molecule has 7 heteroatoms. The number of nitrogens with one attached hydrogen (secondary N) is 1. The van der Waals surface area contributed by atoms with Gasteiger partial charge in [0.05, 0.1) is 11.1 Å². The number of benzene rings is 1. The predicted octanol–water partition coefficient (Wildman–Crippen LogP) is 2.56. The van der Waals surface area contributed by atoms with Gasteiger partial charge in [-0.15, -0.1) is 0 Å². The van der Waals surface area contributed by atoms with E-state index in [4.69, 9.17) is 5.11 Å². The molecule has 1 aromatic rings. The second-order valence-corrected chi connectivity index (χ2v) is 6.03. The number of carboxylic acid groups (broad SMARTS) is 1. The smallest absolute Gasteiger partial charge is 0.336 e. The van der Waals surface area contributed by atoms with E-state index in [-0.39, 0.29) is 11.5 Å². The molecule has 0 bridgehead atoms. The molecule has 0 fully saturated rings. The van der Waals surface area contributed by atoms with Crippen LogP contribution in [-0.4, -0.2) is 24.0 Å². The molecule has 4 nitrogen and oxygen atoms in total. The van der Waals surface area contributed by atoms with E-state index in [1.54, 1.807) is 0 Å². The Hall–Kier alpha value is 0.350. The molecule has 0 saturated carbocycles. The summed E-state index contributed by atoms with van der Waals surface area (Å²) in [5.41, 5.74) is 0.550. The number of carbonyl (C=O) groups excluding carboxylic acids is 1. The fourth-order valence-corrected chi connectivity index (χ4v) is 3.48. The van der Waals surface area contributed by atoms with Gasteiger partial charge in [0.15, 0.2) is 0 Å². The van der Waals surface area contributed by atoms with Crippen LogP contribution in [0.2, 0.25) is 0 Å². The third-order valence-electron chi connectivity index (χ3n) is 1.85. The molecular weight excluding hydrogens is 551 g/mol. The lowest BCUT2D eigenvalue weighted by atomic mass is 10.1. The maximum Gasteiger partial charge on any atom is 0.336 e. The minimum Gasteiger partial charge on any atom is -0.478 e. The largest absolute Gasteiger partial charge is 0.478 e. The number of amides is 1. The van der Waals surface area contributed by atoms with Crippen molar-refractivity contribution in [2.45, 2.75) is 0 Å². The third-order valence-corrected chi connectivity index (χ3v) is 7.23. The topological polar surface area (TPSA) is 66.4 Å². The van der Waals surface area contributed by atoms with Crippen LogP contribution >= 0.6 is 67.8 Å². The molecule has 0 heterocycles. The van der Waals surface area contributed by atoms with Crippen LogP contribution in [0.25, 0.3) is 0 Å². The van der Waals surface area contributed by atoms with E-state index in [0.717, 1.165) is 7.14 Å². The molecule has 16 heavy (non-hydrogen) atoms. The van der Waals surface area contributed by atoms with Gasteiger partial charge in [0.25, 0.3) is 5.91 Å². The van der Waals surface area contributed by atoms with Crippen LogP contribution in [0.3, 0.4) is 0 Å². The number of rotatable bonds is 2. The predicted molar refractivity (Wildman–Crippen MR) is 84.9 cm³/mol. The Morgan fingerprint density at radius 1 is 1.12 bits per heavy atom. The fraction of sp³-hybridized carbons (Fsp3) is 0.111. The summed E-state index contributed by atoms with van der Waals surface area (Å²) in [6, 6.07) is 1.41. The molecule has 0 unspecified atom stereocenters. The molecule has 0 aromatic heterocycles. The van der Waals surface area contributed by atoms with E-state index in [0.29, 0.717) is 9.13 Å². The van der Waals surface area contributed by atoms with E-state index in [9.17, 15) is 9.59 Å². The molecule has 0 aliphatic carbocycles. The van der Waals surface area contributed by atoms with Crippen molar-refractivity contribution in [3.8, 4) is 0 Å². The van der Waals surface area contributed by atoms with Crippen molar-refractivity contribution in [3.63, 3.8) is 0 Å². The van der Waals surface area contributed by atoms with Gasteiger partial charge < -0.3 is 10.4 Å². The minimum absolute atomic E-state index is 0.156. The molecule has 0 aliphatic heterocycles.